The number of aromatic nitrogens is 2. The summed E-state index contributed by atoms with van der Waals surface area (Å²) in [5, 5.41) is 0. The molecule has 1 atom stereocenters. The van der Waals surface area contributed by atoms with E-state index in [9.17, 15) is 4.79 Å². The summed E-state index contributed by atoms with van der Waals surface area (Å²) in [7, 11) is 0. The highest BCUT2D eigenvalue weighted by Crippen LogP contribution is 2.25. The van der Waals surface area contributed by atoms with Crippen molar-refractivity contribution >= 4 is 0 Å². The maximum Gasteiger partial charge on any atom is 0.254 e. The van der Waals surface area contributed by atoms with Gasteiger partial charge in [0.1, 0.15) is 18.2 Å². The van der Waals surface area contributed by atoms with Gasteiger partial charge in [-0.2, -0.15) is 0 Å². The normalized spacial score (nSPS) is 16.1. The van der Waals surface area contributed by atoms with Gasteiger partial charge in [-0.25, -0.2) is 4.98 Å². The van der Waals surface area contributed by atoms with E-state index in [0.717, 1.165) is 47.7 Å². The van der Waals surface area contributed by atoms with E-state index in [1.165, 1.54) is 0 Å². The molecular formula is C22H22N2O2. The van der Waals surface area contributed by atoms with Crippen LogP contribution in [0.5, 0.6) is 5.75 Å². The minimum Gasteiger partial charge on any atom is -0.489 e. The number of benzene rings is 2. The maximum atomic E-state index is 12.5. The van der Waals surface area contributed by atoms with E-state index < -0.39 is 0 Å². The highest BCUT2D eigenvalue weighted by Gasteiger charge is 2.19. The second-order valence-corrected chi connectivity index (χ2v) is 6.81. The van der Waals surface area contributed by atoms with Gasteiger partial charge in [0.2, 0.25) is 0 Å². The highest BCUT2D eigenvalue weighted by atomic mass is 16.5. The van der Waals surface area contributed by atoms with E-state index in [1.807, 2.05) is 59.2 Å². The van der Waals surface area contributed by atoms with Crippen LogP contribution in [0.1, 0.15) is 37.2 Å². The van der Waals surface area contributed by atoms with E-state index in [1.54, 1.807) is 6.07 Å². The lowest BCUT2D eigenvalue weighted by Crippen LogP contribution is -2.30. The van der Waals surface area contributed by atoms with Crippen LogP contribution >= 0.6 is 0 Å². The molecule has 0 aliphatic carbocycles. The molecular weight excluding hydrogens is 324 g/mol. The largest absolute Gasteiger partial charge is 0.489 e. The van der Waals surface area contributed by atoms with Crippen LogP contribution < -0.4 is 10.3 Å². The minimum atomic E-state index is 0.0432. The van der Waals surface area contributed by atoms with Crippen LogP contribution in [-0.4, -0.2) is 9.55 Å². The van der Waals surface area contributed by atoms with Crippen molar-refractivity contribution in [1.82, 2.24) is 9.55 Å². The zero-order valence-corrected chi connectivity index (χ0v) is 14.9. The van der Waals surface area contributed by atoms with Crippen molar-refractivity contribution in [3.63, 3.8) is 0 Å². The van der Waals surface area contributed by atoms with Gasteiger partial charge in [0, 0.05) is 24.1 Å². The van der Waals surface area contributed by atoms with Crippen molar-refractivity contribution in [2.45, 2.75) is 38.8 Å². The molecule has 26 heavy (non-hydrogen) atoms. The smallest absolute Gasteiger partial charge is 0.254 e. The molecule has 0 saturated carbocycles. The van der Waals surface area contributed by atoms with Gasteiger partial charge in [-0.05, 0) is 49.6 Å². The molecule has 1 aromatic heterocycles. The maximum absolute atomic E-state index is 12.5. The first-order valence-corrected chi connectivity index (χ1v) is 9.10. The van der Waals surface area contributed by atoms with Crippen molar-refractivity contribution in [2.75, 3.05) is 0 Å². The molecule has 4 nitrogen and oxygen atoms in total. The molecule has 1 aliphatic rings. The molecule has 0 saturated heterocycles. The van der Waals surface area contributed by atoms with E-state index in [2.05, 4.69) is 6.92 Å². The van der Waals surface area contributed by atoms with Gasteiger partial charge in [-0.3, -0.25) is 9.36 Å². The minimum absolute atomic E-state index is 0.0432. The highest BCUT2D eigenvalue weighted by molar-refractivity contribution is 5.59. The second-order valence-electron chi connectivity index (χ2n) is 6.81. The Morgan fingerprint density at radius 1 is 1.12 bits per heavy atom. The molecule has 0 unspecified atom stereocenters. The first-order chi connectivity index (χ1) is 12.7. The standard InChI is InChI=1S/C22H22N2O2/c1-16-6-5-9-21-23-20(14-22(25)24(16)21)18-10-12-19(13-11-18)26-15-17-7-3-2-4-8-17/h2-4,7-8,10-14,16H,5-6,9,15H2,1H3/t16-/m1/s1. The summed E-state index contributed by atoms with van der Waals surface area (Å²) >= 11 is 0. The van der Waals surface area contributed by atoms with Crippen LogP contribution in [0, 0.1) is 0 Å². The molecule has 0 amide bonds. The summed E-state index contributed by atoms with van der Waals surface area (Å²) in [4.78, 5) is 17.2. The Kier molecular flexibility index (Phi) is 4.57. The average Bonchev–Trinajstić information content (AvgIpc) is 2.67. The molecule has 0 bridgehead atoms. The van der Waals surface area contributed by atoms with Crippen molar-refractivity contribution in [1.29, 1.82) is 0 Å². The first-order valence-electron chi connectivity index (χ1n) is 9.10. The quantitative estimate of drug-likeness (QED) is 0.704. The molecule has 1 aliphatic heterocycles. The van der Waals surface area contributed by atoms with Gasteiger partial charge < -0.3 is 4.74 Å². The number of ether oxygens (including phenoxy) is 1. The van der Waals surface area contributed by atoms with Crippen LogP contribution in [0.25, 0.3) is 11.3 Å². The second kappa shape index (κ2) is 7.16. The van der Waals surface area contributed by atoms with Crippen molar-refractivity contribution in [3.05, 3.63) is 82.4 Å². The number of hydrogen-bond donors (Lipinski definition) is 0. The van der Waals surface area contributed by atoms with Gasteiger partial charge in [0.15, 0.2) is 0 Å². The average molecular weight is 346 g/mol. The fraction of sp³-hybridized carbons (Fsp3) is 0.273. The van der Waals surface area contributed by atoms with Crippen molar-refractivity contribution in [2.24, 2.45) is 0 Å². The van der Waals surface area contributed by atoms with Crippen LogP contribution in [0.2, 0.25) is 0 Å². The summed E-state index contributed by atoms with van der Waals surface area (Å²) in [5.74, 6) is 1.71. The summed E-state index contributed by atoms with van der Waals surface area (Å²) < 4.78 is 7.66. The lowest BCUT2D eigenvalue weighted by atomic mass is 10.0. The number of hydrogen-bond acceptors (Lipinski definition) is 3. The van der Waals surface area contributed by atoms with Crippen LogP contribution in [0.15, 0.2) is 65.5 Å². The molecule has 2 heterocycles. The molecule has 0 spiro atoms. The predicted molar refractivity (Wildman–Crippen MR) is 102 cm³/mol. The van der Waals surface area contributed by atoms with Crippen molar-refractivity contribution in [3.8, 4) is 17.0 Å². The van der Waals surface area contributed by atoms with E-state index in [-0.39, 0.29) is 11.6 Å². The van der Waals surface area contributed by atoms with Crippen LogP contribution in [0.3, 0.4) is 0 Å². The van der Waals surface area contributed by atoms with E-state index in [0.29, 0.717) is 6.61 Å². The van der Waals surface area contributed by atoms with Crippen molar-refractivity contribution < 1.29 is 4.74 Å². The summed E-state index contributed by atoms with van der Waals surface area (Å²) in [6.07, 6.45) is 3.00. The van der Waals surface area contributed by atoms with Gasteiger partial charge >= 0.3 is 0 Å². The third kappa shape index (κ3) is 3.40. The van der Waals surface area contributed by atoms with Crippen LogP contribution in [-0.2, 0) is 13.0 Å². The third-order valence-electron chi connectivity index (χ3n) is 4.89. The predicted octanol–water partition coefficient (Wildman–Crippen LogP) is 4.39. The van der Waals surface area contributed by atoms with Gasteiger partial charge in [0.05, 0.1) is 5.69 Å². The van der Waals surface area contributed by atoms with E-state index in [4.69, 9.17) is 9.72 Å². The summed E-state index contributed by atoms with van der Waals surface area (Å²) in [5.41, 5.74) is 2.86. The number of rotatable bonds is 4. The first kappa shape index (κ1) is 16.6. The van der Waals surface area contributed by atoms with Gasteiger partial charge in [0.25, 0.3) is 5.56 Å². The topological polar surface area (TPSA) is 44.1 Å². The lowest BCUT2D eigenvalue weighted by Gasteiger charge is -2.24. The zero-order chi connectivity index (χ0) is 17.9. The molecule has 3 aromatic rings. The Bertz CT molecular complexity index is 946. The Balaban J connectivity index is 1.54. The molecule has 0 N–H and O–H groups in total. The third-order valence-corrected chi connectivity index (χ3v) is 4.89. The Labute approximate surface area is 153 Å². The Hall–Kier alpha value is -2.88. The fourth-order valence-corrected chi connectivity index (χ4v) is 3.48. The molecule has 0 fully saturated rings. The number of nitrogens with zero attached hydrogens (tertiary/aromatic N) is 2. The molecule has 4 rings (SSSR count). The number of fused-ring (bicyclic) bond motifs is 1. The number of aryl methyl sites for hydroxylation is 1. The van der Waals surface area contributed by atoms with Gasteiger partial charge in [-0.1, -0.05) is 30.3 Å². The van der Waals surface area contributed by atoms with Gasteiger partial charge in [-0.15, -0.1) is 0 Å². The monoisotopic (exact) mass is 346 g/mol. The molecule has 2 aromatic carbocycles. The molecule has 4 heteroatoms. The summed E-state index contributed by atoms with van der Waals surface area (Å²) in [6.45, 7) is 2.63. The lowest BCUT2D eigenvalue weighted by molar-refractivity contribution is 0.306. The zero-order valence-electron chi connectivity index (χ0n) is 14.9. The molecule has 0 radical (unpaired) electrons. The SMILES string of the molecule is C[C@@H]1CCCc2nc(-c3ccc(OCc4ccccc4)cc3)cc(=O)n21. The molecule has 132 valence electrons. The fourth-order valence-electron chi connectivity index (χ4n) is 3.48. The van der Waals surface area contributed by atoms with E-state index >= 15 is 0 Å². The Morgan fingerprint density at radius 2 is 1.88 bits per heavy atom. The van der Waals surface area contributed by atoms with Crippen LogP contribution in [0.4, 0.5) is 0 Å². The summed E-state index contributed by atoms with van der Waals surface area (Å²) in [6, 6.07) is 19.8. The Morgan fingerprint density at radius 3 is 2.65 bits per heavy atom.